The summed E-state index contributed by atoms with van der Waals surface area (Å²) in [7, 11) is 4.25. The number of Topliss-reactive ketones (excluding diaryl/α,β-unsaturated/α-hetero) is 1. The summed E-state index contributed by atoms with van der Waals surface area (Å²) in [6.45, 7) is 4.44. The van der Waals surface area contributed by atoms with Crippen molar-refractivity contribution in [3.8, 4) is 5.75 Å². The number of carbonyl (C=O) groups is 1. The lowest BCUT2D eigenvalue weighted by Gasteiger charge is -2.35. The Kier molecular flexibility index (Phi) is 6.57. The molecular weight excluding hydrogens is 292 g/mol. The molecule has 1 aliphatic rings. The molecule has 1 aromatic carbocycles. The molecule has 1 unspecified atom stereocenters. The van der Waals surface area contributed by atoms with Crippen LogP contribution in [0.3, 0.4) is 0 Å². The molecule has 0 amide bonds. The Balaban J connectivity index is 1.74. The third kappa shape index (κ3) is 5.61. The fourth-order valence-corrected chi connectivity index (χ4v) is 2.97. The number of ether oxygens (including phenoxy) is 1. The number of ketones is 1. The highest BCUT2D eigenvalue weighted by molar-refractivity contribution is 5.94. The first-order chi connectivity index (χ1) is 11.0. The Morgan fingerprint density at radius 3 is 2.70 bits per heavy atom. The van der Waals surface area contributed by atoms with E-state index in [2.05, 4.69) is 23.9 Å². The van der Waals surface area contributed by atoms with Gasteiger partial charge in [0, 0.05) is 18.2 Å². The summed E-state index contributed by atoms with van der Waals surface area (Å²) in [5.41, 5.74) is 0.628. The van der Waals surface area contributed by atoms with Crippen molar-refractivity contribution in [3.63, 3.8) is 0 Å². The van der Waals surface area contributed by atoms with Gasteiger partial charge in [0.2, 0.25) is 0 Å². The van der Waals surface area contributed by atoms with Crippen LogP contribution in [0.2, 0.25) is 0 Å². The number of aliphatic hydroxyl groups excluding tert-OH is 1. The molecule has 1 atom stereocenters. The Morgan fingerprint density at radius 1 is 1.39 bits per heavy atom. The number of piperidine rings is 1. The summed E-state index contributed by atoms with van der Waals surface area (Å²) in [5, 5.41) is 10.2. The van der Waals surface area contributed by atoms with Crippen LogP contribution in [0.4, 0.5) is 0 Å². The van der Waals surface area contributed by atoms with Gasteiger partial charge in [0.15, 0.2) is 5.78 Å². The molecule has 5 heteroatoms. The number of benzene rings is 1. The fraction of sp³-hybridized carbons (Fsp3) is 0.611. The average Bonchev–Trinajstić information content (AvgIpc) is 2.53. The second-order valence-electron chi connectivity index (χ2n) is 6.54. The van der Waals surface area contributed by atoms with E-state index in [9.17, 15) is 9.90 Å². The maximum atomic E-state index is 11.4. The molecule has 1 N–H and O–H groups in total. The van der Waals surface area contributed by atoms with Gasteiger partial charge in [-0.25, -0.2) is 0 Å². The Bertz CT molecular complexity index is 511. The molecule has 5 nitrogen and oxygen atoms in total. The van der Waals surface area contributed by atoms with Crippen molar-refractivity contribution in [1.82, 2.24) is 9.80 Å². The molecule has 1 aliphatic heterocycles. The smallest absolute Gasteiger partial charge is 0.159 e. The van der Waals surface area contributed by atoms with Crippen molar-refractivity contribution in [1.29, 1.82) is 0 Å². The predicted molar refractivity (Wildman–Crippen MR) is 91.1 cm³/mol. The number of carbonyl (C=O) groups excluding carboxylic acids is 1. The second-order valence-corrected chi connectivity index (χ2v) is 6.54. The first-order valence-corrected chi connectivity index (χ1v) is 8.26. The minimum Gasteiger partial charge on any atom is -0.491 e. The summed E-state index contributed by atoms with van der Waals surface area (Å²) >= 11 is 0. The SMILES string of the molecule is CC(=O)c1cccc(OCC(O)CN2CCC(N(C)C)CC2)c1. The first-order valence-electron chi connectivity index (χ1n) is 8.26. The lowest BCUT2D eigenvalue weighted by atomic mass is 10.0. The van der Waals surface area contributed by atoms with E-state index in [4.69, 9.17) is 4.74 Å². The Morgan fingerprint density at radius 2 is 2.09 bits per heavy atom. The zero-order valence-corrected chi connectivity index (χ0v) is 14.4. The van der Waals surface area contributed by atoms with Gasteiger partial charge in [0.1, 0.15) is 18.5 Å². The number of rotatable bonds is 7. The van der Waals surface area contributed by atoms with E-state index in [0.717, 1.165) is 25.9 Å². The van der Waals surface area contributed by atoms with Crippen LogP contribution in [-0.2, 0) is 0 Å². The van der Waals surface area contributed by atoms with Gasteiger partial charge in [-0.1, -0.05) is 12.1 Å². The quantitative estimate of drug-likeness (QED) is 0.774. The third-order valence-electron chi connectivity index (χ3n) is 4.44. The van der Waals surface area contributed by atoms with Crippen LogP contribution in [0.25, 0.3) is 0 Å². The summed E-state index contributed by atoms with van der Waals surface area (Å²) in [4.78, 5) is 15.9. The highest BCUT2D eigenvalue weighted by Gasteiger charge is 2.22. The molecule has 0 spiro atoms. The van der Waals surface area contributed by atoms with Crippen LogP contribution in [0.15, 0.2) is 24.3 Å². The van der Waals surface area contributed by atoms with E-state index in [1.165, 1.54) is 6.92 Å². The normalized spacial score (nSPS) is 18.1. The number of likely N-dealkylation sites (tertiary alicyclic amines) is 1. The second kappa shape index (κ2) is 8.43. The van der Waals surface area contributed by atoms with Crippen LogP contribution in [0, 0.1) is 0 Å². The Labute approximate surface area is 138 Å². The van der Waals surface area contributed by atoms with Gasteiger partial charge in [-0.05, 0) is 59.1 Å². The molecule has 1 heterocycles. The van der Waals surface area contributed by atoms with Crippen LogP contribution >= 0.6 is 0 Å². The van der Waals surface area contributed by atoms with Gasteiger partial charge in [-0.3, -0.25) is 4.79 Å². The average molecular weight is 320 g/mol. The molecule has 0 radical (unpaired) electrons. The van der Waals surface area contributed by atoms with Crippen molar-refractivity contribution >= 4 is 5.78 Å². The van der Waals surface area contributed by atoms with Crippen LogP contribution in [0.5, 0.6) is 5.75 Å². The van der Waals surface area contributed by atoms with Crippen LogP contribution in [-0.4, -0.2) is 73.2 Å². The highest BCUT2D eigenvalue weighted by Crippen LogP contribution is 2.16. The van der Waals surface area contributed by atoms with E-state index in [1.807, 2.05) is 6.07 Å². The largest absolute Gasteiger partial charge is 0.491 e. The summed E-state index contributed by atoms with van der Waals surface area (Å²) in [5.74, 6) is 0.642. The molecule has 1 aromatic rings. The lowest BCUT2D eigenvalue weighted by molar-refractivity contribution is 0.0505. The number of aliphatic hydroxyl groups is 1. The molecular formula is C18H28N2O3. The first kappa shape index (κ1) is 17.9. The minimum atomic E-state index is -0.521. The third-order valence-corrected chi connectivity index (χ3v) is 4.44. The molecule has 0 saturated carbocycles. The molecule has 128 valence electrons. The topological polar surface area (TPSA) is 53.0 Å². The van der Waals surface area contributed by atoms with E-state index in [-0.39, 0.29) is 12.4 Å². The van der Waals surface area contributed by atoms with Crippen LogP contribution < -0.4 is 4.74 Å². The maximum Gasteiger partial charge on any atom is 0.159 e. The molecule has 1 saturated heterocycles. The van der Waals surface area contributed by atoms with E-state index < -0.39 is 6.10 Å². The minimum absolute atomic E-state index is 0.0137. The lowest BCUT2D eigenvalue weighted by Crippen LogP contribution is -2.45. The molecule has 0 aliphatic carbocycles. The molecule has 0 bridgehead atoms. The van der Waals surface area contributed by atoms with Crippen molar-refractivity contribution in [2.75, 3.05) is 40.3 Å². The van der Waals surface area contributed by atoms with Crippen LogP contribution in [0.1, 0.15) is 30.1 Å². The van der Waals surface area contributed by atoms with Gasteiger partial charge >= 0.3 is 0 Å². The summed E-state index contributed by atoms with van der Waals surface area (Å²) in [6, 6.07) is 7.73. The zero-order valence-electron chi connectivity index (χ0n) is 14.4. The number of hydrogen-bond donors (Lipinski definition) is 1. The summed E-state index contributed by atoms with van der Waals surface area (Å²) < 4.78 is 5.62. The number of hydrogen-bond acceptors (Lipinski definition) is 5. The van der Waals surface area contributed by atoms with Crippen molar-refractivity contribution in [2.24, 2.45) is 0 Å². The van der Waals surface area contributed by atoms with Gasteiger partial charge in [0.05, 0.1) is 0 Å². The number of nitrogens with zero attached hydrogens (tertiary/aromatic N) is 2. The molecule has 2 rings (SSSR count). The van der Waals surface area contributed by atoms with Gasteiger partial charge < -0.3 is 19.6 Å². The van der Waals surface area contributed by atoms with E-state index >= 15 is 0 Å². The molecule has 23 heavy (non-hydrogen) atoms. The van der Waals surface area contributed by atoms with E-state index in [0.29, 0.717) is 23.9 Å². The highest BCUT2D eigenvalue weighted by atomic mass is 16.5. The monoisotopic (exact) mass is 320 g/mol. The molecule has 1 fully saturated rings. The van der Waals surface area contributed by atoms with Crippen molar-refractivity contribution < 1.29 is 14.6 Å². The summed E-state index contributed by atoms with van der Waals surface area (Å²) in [6.07, 6.45) is 1.76. The fourth-order valence-electron chi connectivity index (χ4n) is 2.97. The zero-order chi connectivity index (χ0) is 16.8. The maximum absolute atomic E-state index is 11.4. The standard InChI is InChI=1S/C18H28N2O3/c1-14(21)15-5-4-6-18(11-15)23-13-17(22)12-20-9-7-16(8-10-20)19(2)3/h4-6,11,16-17,22H,7-10,12-13H2,1-3H3. The predicted octanol–water partition coefficient (Wildman–Crippen LogP) is 1.65. The van der Waals surface area contributed by atoms with Crippen molar-refractivity contribution in [3.05, 3.63) is 29.8 Å². The van der Waals surface area contributed by atoms with Gasteiger partial charge in [-0.15, -0.1) is 0 Å². The Hall–Kier alpha value is -1.43. The van der Waals surface area contributed by atoms with Crippen molar-refractivity contribution in [2.45, 2.75) is 31.9 Å². The van der Waals surface area contributed by atoms with E-state index in [1.54, 1.807) is 18.2 Å². The van der Waals surface area contributed by atoms with Gasteiger partial charge in [0.25, 0.3) is 0 Å². The molecule has 0 aromatic heterocycles. The number of β-amino-alcohol motifs (C(OH)–C–C–N with tert-alkyl or cyclic N) is 1. The van der Waals surface area contributed by atoms with Gasteiger partial charge in [-0.2, -0.15) is 0 Å².